The highest BCUT2D eigenvalue weighted by Crippen LogP contribution is 2.43. The summed E-state index contributed by atoms with van der Waals surface area (Å²) < 4.78 is 20.6. The lowest BCUT2D eigenvalue weighted by Crippen LogP contribution is -2.39. The Morgan fingerprint density at radius 3 is 2.53 bits per heavy atom. The van der Waals surface area contributed by atoms with Gasteiger partial charge in [0.1, 0.15) is 6.61 Å². The molecule has 1 aliphatic heterocycles. The zero-order chi connectivity index (χ0) is 31.2. The van der Waals surface area contributed by atoms with Gasteiger partial charge in [0.2, 0.25) is 0 Å². The number of hydrogen-bond acceptors (Lipinski definition) is 6. The van der Waals surface area contributed by atoms with Gasteiger partial charge in [0.05, 0.1) is 42.7 Å². The molecular formula is C37H37N3O5. The molecule has 5 aromatic rings. The summed E-state index contributed by atoms with van der Waals surface area (Å²) in [6, 6.07) is 32.3. The molecule has 8 heteroatoms. The molecule has 1 aliphatic rings. The van der Waals surface area contributed by atoms with E-state index in [1.807, 2.05) is 79.1 Å². The molecule has 0 aliphatic carbocycles. The van der Waals surface area contributed by atoms with E-state index in [2.05, 4.69) is 52.6 Å². The quantitative estimate of drug-likeness (QED) is 0.165. The molecule has 1 saturated heterocycles. The third-order valence-electron chi connectivity index (χ3n) is 8.22. The summed E-state index contributed by atoms with van der Waals surface area (Å²) in [4.78, 5) is 16.5. The average Bonchev–Trinajstić information content (AvgIpc) is 3.50. The highest BCUT2D eigenvalue weighted by molar-refractivity contribution is 5.75. The second-order valence-corrected chi connectivity index (χ2v) is 11.3. The first-order valence-electron chi connectivity index (χ1n) is 15.1. The van der Waals surface area contributed by atoms with Crippen molar-refractivity contribution in [2.24, 2.45) is 5.92 Å². The molecule has 1 fully saturated rings. The molecular weight excluding hydrogens is 566 g/mol. The van der Waals surface area contributed by atoms with Crippen molar-refractivity contribution >= 4 is 17.1 Å². The number of amides is 1. The lowest BCUT2D eigenvalue weighted by molar-refractivity contribution is -0.276. The minimum atomic E-state index is -0.604. The Kier molecular flexibility index (Phi) is 9.35. The van der Waals surface area contributed by atoms with Gasteiger partial charge in [-0.15, -0.1) is 0 Å². The van der Waals surface area contributed by atoms with Crippen LogP contribution in [0.2, 0.25) is 0 Å². The third kappa shape index (κ3) is 6.99. The molecule has 2 N–H and O–H groups in total. The second-order valence-electron chi connectivity index (χ2n) is 11.3. The van der Waals surface area contributed by atoms with E-state index in [4.69, 9.17) is 14.2 Å². The van der Waals surface area contributed by atoms with Gasteiger partial charge in [0.25, 0.3) is 0 Å². The first kappa shape index (κ1) is 30.3. The molecule has 4 aromatic carbocycles. The molecule has 6 rings (SSSR count). The van der Waals surface area contributed by atoms with Crippen LogP contribution in [-0.4, -0.2) is 33.5 Å². The highest BCUT2D eigenvalue weighted by Gasteiger charge is 2.38. The summed E-state index contributed by atoms with van der Waals surface area (Å²) in [6.07, 6.45) is 1.93. The monoisotopic (exact) mass is 603 g/mol. The summed E-state index contributed by atoms with van der Waals surface area (Å²) in [5.41, 5.74) is 7.79. The van der Waals surface area contributed by atoms with E-state index < -0.39 is 12.4 Å². The van der Waals surface area contributed by atoms with Crippen molar-refractivity contribution in [2.45, 2.75) is 45.1 Å². The SMILES string of the molecule is C=CCOC(=O)NCc1cccc(-c2cccc(C3OC(Cn4cnc5ccccc54)C(C)C(c4ccc(CO)cc4)O3)c2)c1. The van der Waals surface area contributed by atoms with Crippen LogP contribution < -0.4 is 5.32 Å². The summed E-state index contributed by atoms with van der Waals surface area (Å²) in [5, 5.41) is 12.4. The first-order valence-corrected chi connectivity index (χ1v) is 15.1. The number of rotatable bonds is 10. The molecule has 0 bridgehead atoms. The number of benzene rings is 4. The number of imidazole rings is 1. The maximum absolute atomic E-state index is 11.9. The van der Waals surface area contributed by atoms with E-state index in [0.29, 0.717) is 13.1 Å². The van der Waals surface area contributed by atoms with Gasteiger partial charge in [-0.1, -0.05) is 92.4 Å². The Balaban J connectivity index is 1.27. The molecule has 0 spiro atoms. The lowest BCUT2D eigenvalue weighted by Gasteiger charge is -2.41. The number of carbonyl (C=O) groups excluding carboxylic acids is 1. The normalized spacial score (nSPS) is 19.7. The Morgan fingerprint density at radius 2 is 1.73 bits per heavy atom. The van der Waals surface area contributed by atoms with Crippen molar-refractivity contribution in [3.05, 3.63) is 138 Å². The van der Waals surface area contributed by atoms with Crippen molar-refractivity contribution in [2.75, 3.05) is 6.61 Å². The van der Waals surface area contributed by atoms with Crippen molar-refractivity contribution in [1.29, 1.82) is 0 Å². The van der Waals surface area contributed by atoms with E-state index in [-0.39, 0.29) is 31.3 Å². The van der Waals surface area contributed by atoms with Gasteiger partial charge >= 0.3 is 6.09 Å². The molecule has 8 nitrogen and oxygen atoms in total. The van der Waals surface area contributed by atoms with Gasteiger partial charge < -0.3 is 29.2 Å². The summed E-state index contributed by atoms with van der Waals surface area (Å²) in [7, 11) is 0. The van der Waals surface area contributed by atoms with Crippen molar-refractivity contribution < 1.29 is 24.1 Å². The molecule has 0 radical (unpaired) electrons. The minimum Gasteiger partial charge on any atom is -0.445 e. The van der Waals surface area contributed by atoms with E-state index in [1.165, 1.54) is 6.08 Å². The van der Waals surface area contributed by atoms with Gasteiger partial charge in [-0.3, -0.25) is 0 Å². The van der Waals surface area contributed by atoms with Crippen LogP contribution in [0.1, 0.15) is 41.6 Å². The van der Waals surface area contributed by atoms with E-state index >= 15 is 0 Å². The Labute approximate surface area is 262 Å². The molecule has 4 unspecified atom stereocenters. The highest BCUT2D eigenvalue weighted by atomic mass is 16.7. The standard InChI is InChI=1S/C37H37N3O5/c1-3-18-43-37(42)38-21-27-8-6-9-29(19-27)30-10-7-11-31(20-30)36-44-34(22-40-24-39-32-12-4-5-13-33(32)40)25(2)35(45-36)28-16-14-26(23-41)15-17-28/h3-17,19-20,24-25,34-36,41H,1,18,21-23H2,2H3,(H,38,42). The van der Waals surface area contributed by atoms with Gasteiger partial charge in [-0.2, -0.15) is 0 Å². The first-order chi connectivity index (χ1) is 22.0. The fourth-order valence-corrected chi connectivity index (χ4v) is 5.76. The molecule has 1 aromatic heterocycles. The van der Waals surface area contributed by atoms with E-state index in [1.54, 1.807) is 0 Å². The van der Waals surface area contributed by atoms with Crippen LogP contribution in [0, 0.1) is 5.92 Å². The number of fused-ring (bicyclic) bond motifs is 1. The number of aliphatic hydroxyl groups excluding tert-OH is 1. The summed E-state index contributed by atoms with van der Waals surface area (Å²) in [5.74, 6) is 0.0351. The predicted octanol–water partition coefficient (Wildman–Crippen LogP) is 7.10. The van der Waals surface area contributed by atoms with Gasteiger partial charge in [0, 0.05) is 18.0 Å². The largest absolute Gasteiger partial charge is 0.445 e. The number of alkyl carbamates (subject to hydrolysis) is 1. The van der Waals surface area contributed by atoms with Crippen LogP contribution in [0.3, 0.4) is 0 Å². The van der Waals surface area contributed by atoms with Crippen molar-refractivity contribution in [3.8, 4) is 11.1 Å². The molecule has 1 amide bonds. The van der Waals surface area contributed by atoms with Gasteiger partial charge in [0.15, 0.2) is 6.29 Å². The number of nitrogens with zero attached hydrogens (tertiary/aromatic N) is 2. The minimum absolute atomic E-state index is 0.00707. The lowest BCUT2D eigenvalue weighted by atomic mass is 9.90. The van der Waals surface area contributed by atoms with Crippen LogP contribution in [-0.2, 0) is 33.9 Å². The van der Waals surface area contributed by atoms with Crippen LogP contribution in [0.5, 0.6) is 0 Å². The number of aliphatic hydroxyl groups is 1. The maximum atomic E-state index is 11.9. The van der Waals surface area contributed by atoms with Crippen LogP contribution in [0.4, 0.5) is 4.79 Å². The fourth-order valence-electron chi connectivity index (χ4n) is 5.76. The maximum Gasteiger partial charge on any atom is 0.407 e. The molecule has 4 atom stereocenters. The number of aromatic nitrogens is 2. The van der Waals surface area contributed by atoms with Crippen molar-refractivity contribution in [3.63, 3.8) is 0 Å². The smallest absolute Gasteiger partial charge is 0.407 e. The van der Waals surface area contributed by atoms with Crippen LogP contribution in [0.15, 0.2) is 116 Å². The molecule has 2 heterocycles. The van der Waals surface area contributed by atoms with Gasteiger partial charge in [-0.05, 0) is 52.1 Å². The number of ether oxygens (including phenoxy) is 3. The van der Waals surface area contributed by atoms with Crippen LogP contribution in [0.25, 0.3) is 22.2 Å². The molecule has 45 heavy (non-hydrogen) atoms. The van der Waals surface area contributed by atoms with Crippen LogP contribution >= 0.6 is 0 Å². The topological polar surface area (TPSA) is 94.8 Å². The Morgan fingerprint density at radius 1 is 0.956 bits per heavy atom. The van der Waals surface area contributed by atoms with E-state index in [0.717, 1.165) is 44.4 Å². The predicted molar refractivity (Wildman–Crippen MR) is 173 cm³/mol. The van der Waals surface area contributed by atoms with E-state index in [9.17, 15) is 9.90 Å². The summed E-state index contributed by atoms with van der Waals surface area (Å²) in [6.45, 7) is 6.85. The third-order valence-corrected chi connectivity index (χ3v) is 8.22. The number of nitrogens with one attached hydrogen (secondary N) is 1. The Bertz CT molecular complexity index is 1770. The average molecular weight is 604 g/mol. The molecule has 230 valence electrons. The number of carbonyl (C=O) groups is 1. The molecule has 0 saturated carbocycles. The van der Waals surface area contributed by atoms with Gasteiger partial charge in [-0.25, -0.2) is 9.78 Å². The Hall–Kier alpha value is -4.76. The van der Waals surface area contributed by atoms with Crippen molar-refractivity contribution in [1.82, 2.24) is 14.9 Å². The number of para-hydroxylation sites is 2. The zero-order valence-electron chi connectivity index (χ0n) is 25.2. The second kappa shape index (κ2) is 13.9. The summed E-state index contributed by atoms with van der Waals surface area (Å²) >= 11 is 0. The fraction of sp³-hybridized carbons (Fsp3) is 0.243. The zero-order valence-corrected chi connectivity index (χ0v) is 25.2. The number of hydrogen-bond donors (Lipinski definition) is 2.